The van der Waals surface area contributed by atoms with E-state index in [4.69, 9.17) is 0 Å². The highest BCUT2D eigenvalue weighted by molar-refractivity contribution is 6.16. The van der Waals surface area contributed by atoms with Gasteiger partial charge in [-0.25, -0.2) is 0 Å². The monoisotopic (exact) mass is 699 g/mol. The van der Waals surface area contributed by atoms with E-state index in [9.17, 15) is 10.5 Å². The Bertz CT molecular complexity index is 3400. The molecule has 0 radical (unpaired) electrons. The van der Waals surface area contributed by atoms with Gasteiger partial charge in [0.15, 0.2) is 0 Å². The molecule has 0 aliphatic rings. The minimum atomic E-state index is 0.577. The van der Waals surface area contributed by atoms with Crippen molar-refractivity contribution in [3.8, 4) is 40.3 Å². The first-order valence-electron chi connectivity index (χ1n) is 18.3. The predicted octanol–water partition coefficient (Wildman–Crippen LogP) is 12.4. The number of hydrogen-bond donors (Lipinski definition) is 0. The SMILES string of the molecule is N#Cc1ccc2c(c1)c1ccccc1n2-c1c(C#N)cccc1-c1ccc(-n2c3ccccc3c3c(-n4c5ccccc5c5ccccc54)cccc32)cc1. The first-order chi connectivity index (χ1) is 27.2. The Labute approximate surface area is 316 Å². The maximum atomic E-state index is 10.5. The summed E-state index contributed by atoms with van der Waals surface area (Å²) in [5.74, 6) is 0. The van der Waals surface area contributed by atoms with Crippen molar-refractivity contribution >= 4 is 65.4 Å². The summed E-state index contributed by atoms with van der Waals surface area (Å²) in [6, 6.07) is 65.9. The summed E-state index contributed by atoms with van der Waals surface area (Å²) in [6.07, 6.45) is 0. The highest BCUT2D eigenvalue weighted by Gasteiger charge is 2.21. The Hall–Kier alpha value is -7.86. The van der Waals surface area contributed by atoms with Crippen LogP contribution in [0, 0.1) is 22.7 Å². The van der Waals surface area contributed by atoms with Gasteiger partial charge in [0, 0.05) is 43.6 Å². The third-order valence-electron chi connectivity index (χ3n) is 11.1. The summed E-state index contributed by atoms with van der Waals surface area (Å²) in [4.78, 5) is 0. The number of aromatic nitrogens is 3. The minimum absolute atomic E-state index is 0.577. The molecule has 0 atom stereocenters. The number of nitrogens with zero attached hydrogens (tertiary/aromatic N) is 5. The zero-order valence-electron chi connectivity index (χ0n) is 29.5. The van der Waals surface area contributed by atoms with E-state index >= 15 is 0 Å². The quantitative estimate of drug-likeness (QED) is 0.184. The molecule has 0 unspecified atom stereocenters. The largest absolute Gasteiger partial charge is 0.309 e. The summed E-state index contributed by atoms with van der Waals surface area (Å²) >= 11 is 0. The molecule has 3 heterocycles. The zero-order valence-corrected chi connectivity index (χ0v) is 29.5. The maximum Gasteiger partial charge on any atom is 0.101 e. The summed E-state index contributed by atoms with van der Waals surface area (Å²) < 4.78 is 6.95. The van der Waals surface area contributed by atoms with Crippen molar-refractivity contribution in [3.05, 3.63) is 187 Å². The maximum absolute atomic E-state index is 10.5. The Morgan fingerprint density at radius 1 is 0.382 bits per heavy atom. The standard InChI is InChI=1S/C50H29N5/c51-30-32-23-28-46-41(29-32)39-14-3-7-19-44(39)55(46)50-34(31-52)11-9-16-36(50)33-24-26-35(27-25-33)53-45-20-8-4-15-40(45)49-47(53)21-10-22-48(49)54-42-17-5-1-12-37(42)38-13-2-6-18-43(38)54/h1-29H. The molecule has 5 nitrogen and oxygen atoms in total. The molecule has 0 amide bonds. The molecule has 3 aromatic heterocycles. The summed E-state index contributed by atoms with van der Waals surface area (Å²) in [5, 5.41) is 27.1. The Balaban J connectivity index is 1.12. The number of hydrogen-bond acceptors (Lipinski definition) is 2. The molecule has 0 bridgehead atoms. The topological polar surface area (TPSA) is 62.4 Å². The predicted molar refractivity (Wildman–Crippen MR) is 224 cm³/mol. The molecule has 11 rings (SSSR count). The molecule has 8 aromatic carbocycles. The number of benzene rings is 8. The van der Waals surface area contributed by atoms with Gasteiger partial charge >= 0.3 is 0 Å². The molecule has 11 aromatic rings. The van der Waals surface area contributed by atoms with Gasteiger partial charge in [-0.15, -0.1) is 0 Å². The van der Waals surface area contributed by atoms with Gasteiger partial charge in [0.25, 0.3) is 0 Å². The van der Waals surface area contributed by atoms with E-state index in [0.717, 1.165) is 61.0 Å². The third-order valence-corrected chi connectivity index (χ3v) is 11.1. The van der Waals surface area contributed by atoms with Crippen LogP contribution in [0.1, 0.15) is 11.1 Å². The zero-order chi connectivity index (χ0) is 36.6. The third kappa shape index (κ3) is 4.39. The van der Waals surface area contributed by atoms with Crippen molar-refractivity contribution in [1.29, 1.82) is 10.5 Å². The molecular weight excluding hydrogens is 671 g/mol. The van der Waals surface area contributed by atoms with E-state index in [1.54, 1.807) is 0 Å². The molecule has 254 valence electrons. The molecule has 0 aliphatic heterocycles. The molecule has 55 heavy (non-hydrogen) atoms. The van der Waals surface area contributed by atoms with Crippen molar-refractivity contribution in [2.45, 2.75) is 0 Å². The van der Waals surface area contributed by atoms with Gasteiger partial charge in [0.05, 0.1) is 61.7 Å². The van der Waals surface area contributed by atoms with Crippen molar-refractivity contribution in [2.75, 3.05) is 0 Å². The molecular formula is C50H29N5. The van der Waals surface area contributed by atoms with Gasteiger partial charge in [-0.1, -0.05) is 103 Å². The molecule has 0 saturated heterocycles. The van der Waals surface area contributed by atoms with E-state index in [2.05, 4.69) is 159 Å². The van der Waals surface area contributed by atoms with Crippen molar-refractivity contribution in [2.24, 2.45) is 0 Å². The van der Waals surface area contributed by atoms with Crippen molar-refractivity contribution < 1.29 is 0 Å². The average molecular weight is 700 g/mol. The number of rotatable bonds is 4. The van der Waals surface area contributed by atoms with Crippen LogP contribution in [0.15, 0.2) is 176 Å². The minimum Gasteiger partial charge on any atom is -0.309 e. The lowest BCUT2D eigenvalue weighted by Crippen LogP contribution is -2.01. The van der Waals surface area contributed by atoms with Crippen LogP contribution >= 0.6 is 0 Å². The fourth-order valence-corrected chi connectivity index (χ4v) is 8.83. The van der Waals surface area contributed by atoms with Crippen molar-refractivity contribution in [1.82, 2.24) is 13.7 Å². The fraction of sp³-hybridized carbons (Fsp3) is 0. The smallest absolute Gasteiger partial charge is 0.101 e. The van der Waals surface area contributed by atoms with E-state index in [1.165, 1.54) is 32.6 Å². The molecule has 0 aliphatic carbocycles. The Kier molecular flexibility index (Phi) is 6.61. The lowest BCUT2D eigenvalue weighted by Gasteiger charge is -2.16. The van der Waals surface area contributed by atoms with E-state index in [0.29, 0.717) is 11.1 Å². The first-order valence-corrected chi connectivity index (χ1v) is 18.3. The lowest BCUT2D eigenvalue weighted by atomic mass is 9.99. The fourth-order valence-electron chi connectivity index (χ4n) is 8.83. The molecule has 0 spiro atoms. The number of para-hydroxylation sites is 5. The highest BCUT2D eigenvalue weighted by atomic mass is 15.0. The average Bonchev–Trinajstić information content (AvgIpc) is 3.89. The van der Waals surface area contributed by atoms with Crippen LogP contribution in [0.25, 0.3) is 93.6 Å². The lowest BCUT2D eigenvalue weighted by molar-refractivity contribution is 1.16. The van der Waals surface area contributed by atoms with Crippen LogP contribution in [0.4, 0.5) is 0 Å². The first kappa shape index (κ1) is 30.7. The number of fused-ring (bicyclic) bond motifs is 9. The second-order valence-corrected chi connectivity index (χ2v) is 14.0. The van der Waals surface area contributed by atoms with Crippen LogP contribution in [0.5, 0.6) is 0 Å². The van der Waals surface area contributed by atoms with Gasteiger partial charge in [0.1, 0.15) is 6.07 Å². The molecule has 0 fully saturated rings. The Morgan fingerprint density at radius 3 is 1.58 bits per heavy atom. The summed E-state index contributed by atoms with van der Waals surface area (Å²) in [5.41, 5.74) is 12.7. The molecule has 0 saturated carbocycles. The Morgan fingerprint density at radius 2 is 0.927 bits per heavy atom. The summed E-state index contributed by atoms with van der Waals surface area (Å²) in [6.45, 7) is 0. The van der Waals surface area contributed by atoms with Gasteiger partial charge in [-0.05, 0) is 78.4 Å². The number of nitriles is 2. The van der Waals surface area contributed by atoms with E-state index in [1.807, 2.05) is 42.5 Å². The summed E-state index contributed by atoms with van der Waals surface area (Å²) in [7, 11) is 0. The normalized spacial score (nSPS) is 11.6. The van der Waals surface area contributed by atoms with Crippen LogP contribution in [-0.4, -0.2) is 13.7 Å². The van der Waals surface area contributed by atoms with Gasteiger partial charge in [-0.3, -0.25) is 0 Å². The van der Waals surface area contributed by atoms with Crippen molar-refractivity contribution in [3.63, 3.8) is 0 Å². The second kappa shape index (κ2) is 11.8. The van der Waals surface area contributed by atoms with Gasteiger partial charge < -0.3 is 13.7 Å². The highest BCUT2D eigenvalue weighted by Crippen LogP contribution is 2.41. The second-order valence-electron chi connectivity index (χ2n) is 14.0. The van der Waals surface area contributed by atoms with Gasteiger partial charge in [-0.2, -0.15) is 10.5 Å². The van der Waals surface area contributed by atoms with E-state index < -0.39 is 0 Å². The van der Waals surface area contributed by atoms with Gasteiger partial charge in [0.2, 0.25) is 0 Å². The molecule has 0 N–H and O–H groups in total. The van der Waals surface area contributed by atoms with Crippen LogP contribution in [-0.2, 0) is 0 Å². The van der Waals surface area contributed by atoms with Crippen LogP contribution in [0.3, 0.4) is 0 Å². The van der Waals surface area contributed by atoms with E-state index in [-0.39, 0.29) is 0 Å². The molecule has 5 heteroatoms. The van der Waals surface area contributed by atoms with Crippen LogP contribution < -0.4 is 0 Å². The van der Waals surface area contributed by atoms with Crippen LogP contribution in [0.2, 0.25) is 0 Å².